The van der Waals surface area contributed by atoms with Crippen LogP contribution in [0.1, 0.15) is 21.5 Å². The van der Waals surface area contributed by atoms with E-state index in [1.54, 1.807) is 67.9 Å². The number of rotatable bonds is 8. The summed E-state index contributed by atoms with van der Waals surface area (Å²) in [6.07, 6.45) is -1.05. The first-order chi connectivity index (χ1) is 18.1. The Morgan fingerprint density at radius 3 is 1.95 bits per heavy atom. The number of amides is 2. The van der Waals surface area contributed by atoms with Crippen molar-refractivity contribution in [2.45, 2.75) is 13.1 Å². The minimum absolute atomic E-state index is 0.158. The van der Waals surface area contributed by atoms with Gasteiger partial charge in [0.25, 0.3) is 5.91 Å². The zero-order valence-electron chi connectivity index (χ0n) is 21.3. The third-order valence-corrected chi connectivity index (χ3v) is 7.74. The maximum Gasteiger partial charge on any atom is 0.407 e. The summed E-state index contributed by atoms with van der Waals surface area (Å²) >= 11 is 0. The van der Waals surface area contributed by atoms with E-state index in [2.05, 4.69) is 5.32 Å². The highest BCUT2D eigenvalue weighted by Crippen LogP contribution is 2.34. The molecule has 194 valence electrons. The normalized spacial score (nSPS) is 11.1. The van der Waals surface area contributed by atoms with Crippen molar-refractivity contribution in [1.29, 1.82) is 0 Å². The van der Waals surface area contributed by atoms with Crippen LogP contribution in [0.5, 0.6) is 0 Å². The minimum Gasteiger partial charge on any atom is -0.465 e. The molecule has 4 rings (SSSR count). The summed E-state index contributed by atoms with van der Waals surface area (Å²) < 4.78 is 12.2. The lowest BCUT2D eigenvalue weighted by Gasteiger charge is -2.20. The molecule has 0 fully saturated rings. The van der Waals surface area contributed by atoms with Gasteiger partial charge in [-0.1, -0.05) is 72.8 Å². The zero-order valence-corrected chi connectivity index (χ0v) is 22.2. The second-order valence-corrected chi connectivity index (χ2v) is 12.7. The van der Waals surface area contributed by atoms with Gasteiger partial charge in [-0.05, 0) is 59.8 Å². The van der Waals surface area contributed by atoms with Crippen LogP contribution in [0.4, 0.5) is 16.2 Å². The number of benzene rings is 4. The molecule has 8 heteroatoms. The maximum absolute atomic E-state index is 12.9. The van der Waals surface area contributed by atoms with Crippen LogP contribution in [0.3, 0.4) is 0 Å². The van der Waals surface area contributed by atoms with Crippen molar-refractivity contribution in [2.75, 3.05) is 24.4 Å². The Kier molecular flexibility index (Phi) is 7.99. The topological polar surface area (TPSA) is 113 Å². The smallest absolute Gasteiger partial charge is 0.407 e. The van der Waals surface area contributed by atoms with Crippen molar-refractivity contribution in [2.24, 2.45) is 0 Å². The quantitative estimate of drug-likeness (QED) is 0.189. The molecule has 38 heavy (non-hydrogen) atoms. The van der Waals surface area contributed by atoms with Crippen LogP contribution in [0, 0.1) is 0 Å². The molecule has 0 saturated carbocycles. The first kappa shape index (κ1) is 26.7. The van der Waals surface area contributed by atoms with Crippen molar-refractivity contribution >= 4 is 35.8 Å². The first-order valence-electron chi connectivity index (χ1n) is 12.1. The molecule has 0 aliphatic heterocycles. The highest BCUT2D eigenvalue weighted by atomic mass is 31.2. The maximum atomic E-state index is 12.9. The van der Waals surface area contributed by atoms with Gasteiger partial charge in [0.2, 0.25) is 0 Å². The summed E-state index contributed by atoms with van der Waals surface area (Å²) in [5.41, 5.74) is 11.0. The fourth-order valence-corrected chi connectivity index (χ4v) is 4.89. The first-order valence-corrected chi connectivity index (χ1v) is 14.7. The van der Waals surface area contributed by atoms with Crippen LogP contribution in [0.2, 0.25) is 0 Å². The standard InChI is InChI=1S/C30H30N3O4P/c1-38(2,37)26-15-10-22(11-16-26)20-33(30(35)36)19-21-8-12-24(13-9-21)29(34)32-28-18-25(14-17-27(28)31)23-6-4-3-5-7-23/h3-18H,19-20,31H2,1-2H3,(H,32,34)(H,35,36). The molecule has 0 atom stereocenters. The van der Waals surface area contributed by atoms with Gasteiger partial charge in [0, 0.05) is 24.0 Å². The number of hydrogen-bond donors (Lipinski definition) is 3. The fourth-order valence-electron chi connectivity index (χ4n) is 4.02. The van der Waals surface area contributed by atoms with Gasteiger partial charge in [-0.15, -0.1) is 0 Å². The Bertz CT molecular complexity index is 1480. The lowest BCUT2D eigenvalue weighted by atomic mass is 10.0. The lowest BCUT2D eigenvalue weighted by Crippen LogP contribution is -2.28. The van der Waals surface area contributed by atoms with E-state index < -0.39 is 13.2 Å². The largest absolute Gasteiger partial charge is 0.465 e. The van der Waals surface area contributed by atoms with Gasteiger partial charge in [0.1, 0.15) is 7.14 Å². The number of nitrogens with one attached hydrogen (secondary N) is 1. The zero-order chi connectivity index (χ0) is 27.3. The van der Waals surface area contributed by atoms with E-state index in [4.69, 9.17) is 5.73 Å². The van der Waals surface area contributed by atoms with E-state index in [0.717, 1.165) is 27.6 Å². The van der Waals surface area contributed by atoms with Crippen LogP contribution >= 0.6 is 7.14 Å². The Balaban J connectivity index is 1.43. The molecule has 4 N–H and O–H groups in total. The monoisotopic (exact) mass is 527 g/mol. The van der Waals surface area contributed by atoms with E-state index in [1.165, 1.54) is 4.90 Å². The molecule has 4 aromatic rings. The second-order valence-electron chi connectivity index (χ2n) is 9.48. The number of anilines is 2. The van der Waals surface area contributed by atoms with Crippen molar-refractivity contribution in [3.05, 3.63) is 114 Å². The predicted octanol–water partition coefficient (Wildman–Crippen LogP) is 6.12. The molecule has 0 aliphatic rings. The molecule has 0 spiro atoms. The Labute approximate surface area is 222 Å². The van der Waals surface area contributed by atoms with E-state index in [1.807, 2.05) is 42.5 Å². The van der Waals surface area contributed by atoms with Crippen LogP contribution < -0.4 is 16.4 Å². The van der Waals surface area contributed by atoms with Crippen LogP contribution in [0.15, 0.2) is 97.1 Å². The van der Waals surface area contributed by atoms with Crippen molar-refractivity contribution in [1.82, 2.24) is 4.90 Å². The second kappa shape index (κ2) is 11.4. The number of nitrogens with two attached hydrogens (primary N) is 1. The van der Waals surface area contributed by atoms with Gasteiger partial charge >= 0.3 is 6.09 Å². The van der Waals surface area contributed by atoms with Gasteiger partial charge in [-0.3, -0.25) is 9.69 Å². The number of carboxylic acid groups (broad SMARTS) is 1. The van der Waals surface area contributed by atoms with E-state index >= 15 is 0 Å². The molecule has 0 heterocycles. The molecular formula is C30H30N3O4P. The molecule has 0 aromatic heterocycles. The summed E-state index contributed by atoms with van der Waals surface area (Å²) in [6, 6.07) is 29.3. The Morgan fingerprint density at radius 1 is 0.816 bits per heavy atom. The van der Waals surface area contributed by atoms with Crippen LogP contribution in [-0.2, 0) is 17.7 Å². The Morgan fingerprint density at radius 2 is 1.39 bits per heavy atom. The fraction of sp³-hybridized carbons (Fsp3) is 0.133. The van der Waals surface area contributed by atoms with Gasteiger partial charge in [-0.2, -0.15) is 0 Å². The third kappa shape index (κ3) is 6.69. The summed E-state index contributed by atoms with van der Waals surface area (Å²) in [6.45, 7) is 3.75. The average molecular weight is 528 g/mol. The van der Waals surface area contributed by atoms with Crippen LogP contribution in [0.25, 0.3) is 11.1 Å². The van der Waals surface area contributed by atoms with Gasteiger partial charge in [-0.25, -0.2) is 4.79 Å². The van der Waals surface area contributed by atoms with Gasteiger partial charge in [0.05, 0.1) is 11.4 Å². The summed E-state index contributed by atoms with van der Waals surface area (Å²) in [7, 11) is -2.37. The Hall–Kier alpha value is -4.35. The van der Waals surface area contributed by atoms with Crippen molar-refractivity contribution < 1.29 is 19.3 Å². The molecular weight excluding hydrogens is 497 g/mol. The molecule has 7 nitrogen and oxygen atoms in total. The SMILES string of the molecule is CP(C)(=O)c1ccc(CN(Cc2ccc(C(=O)Nc3cc(-c4ccccc4)ccc3N)cc2)C(=O)O)cc1. The third-order valence-electron chi connectivity index (χ3n) is 6.20. The van der Waals surface area contributed by atoms with Gasteiger partial charge in [0.15, 0.2) is 0 Å². The van der Waals surface area contributed by atoms with E-state index in [0.29, 0.717) is 16.9 Å². The summed E-state index contributed by atoms with van der Waals surface area (Å²) in [4.78, 5) is 26.1. The molecule has 2 amide bonds. The number of hydrogen-bond acceptors (Lipinski definition) is 4. The average Bonchev–Trinajstić information content (AvgIpc) is 2.90. The molecule has 0 bridgehead atoms. The van der Waals surface area contributed by atoms with E-state index in [9.17, 15) is 19.3 Å². The van der Waals surface area contributed by atoms with Crippen molar-refractivity contribution in [3.63, 3.8) is 0 Å². The minimum atomic E-state index is -2.37. The number of nitrogen functional groups attached to an aromatic ring is 1. The van der Waals surface area contributed by atoms with Gasteiger partial charge < -0.3 is 20.7 Å². The van der Waals surface area contributed by atoms with E-state index in [-0.39, 0.29) is 19.0 Å². The molecule has 0 saturated heterocycles. The number of carbonyl (C=O) groups excluding carboxylic acids is 1. The van der Waals surface area contributed by atoms with Crippen LogP contribution in [-0.4, -0.2) is 35.3 Å². The molecule has 0 aliphatic carbocycles. The molecule has 0 radical (unpaired) electrons. The predicted molar refractivity (Wildman–Crippen MR) is 153 cm³/mol. The highest BCUT2D eigenvalue weighted by Gasteiger charge is 2.16. The van der Waals surface area contributed by atoms with Crippen molar-refractivity contribution in [3.8, 4) is 11.1 Å². The number of nitrogens with zero attached hydrogens (tertiary/aromatic N) is 1. The summed E-state index contributed by atoms with van der Waals surface area (Å²) in [5, 5.41) is 13.4. The summed E-state index contributed by atoms with van der Waals surface area (Å²) in [5.74, 6) is -0.312. The lowest BCUT2D eigenvalue weighted by molar-refractivity contribution is 0.102. The molecule has 4 aromatic carbocycles. The molecule has 0 unspecified atom stereocenters. The number of carbonyl (C=O) groups is 2. The highest BCUT2D eigenvalue weighted by molar-refractivity contribution is 7.70.